The van der Waals surface area contributed by atoms with E-state index in [0.29, 0.717) is 6.61 Å². The predicted octanol–water partition coefficient (Wildman–Crippen LogP) is 4.48. The van der Waals surface area contributed by atoms with Crippen LogP contribution in [-0.4, -0.2) is 7.11 Å². The molecular weight excluding hydrogens is 304 g/mol. The lowest BCUT2D eigenvalue weighted by atomic mass is 10.1. The first-order valence-electron chi connectivity index (χ1n) is 6.14. The summed E-state index contributed by atoms with van der Waals surface area (Å²) < 4.78 is 11.1. The summed E-state index contributed by atoms with van der Waals surface area (Å²) in [5.41, 5.74) is 3.52. The zero-order valence-corrected chi connectivity index (χ0v) is 12.7. The minimum Gasteiger partial charge on any atom is -0.497 e. The van der Waals surface area contributed by atoms with E-state index in [0.717, 1.165) is 22.4 Å². The molecule has 100 valence electrons. The molecule has 0 aliphatic rings. The van der Waals surface area contributed by atoms with Crippen molar-refractivity contribution < 1.29 is 9.47 Å². The molecule has 0 unspecified atom stereocenters. The first-order chi connectivity index (χ1) is 9.22. The lowest BCUT2D eigenvalue weighted by molar-refractivity contribution is 0.303. The second kappa shape index (κ2) is 6.62. The smallest absolute Gasteiger partial charge is 0.124 e. The van der Waals surface area contributed by atoms with E-state index in [1.807, 2.05) is 18.2 Å². The zero-order valence-electron chi connectivity index (χ0n) is 11.2. The Bertz CT molecular complexity index is 535. The summed E-state index contributed by atoms with van der Waals surface area (Å²) in [6, 6.07) is 14.2. The van der Waals surface area contributed by atoms with E-state index in [2.05, 4.69) is 47.1 Å². The highest BCUT2D eigenvalue weighted by Gasteiger charge is 2.05. The molecule has 0 aliphatic carbocycles. The van der Waals surface area contributed by atoms with E-state index in [4.69, 9.17) is 9.47 Å². The number of hydrogen-bond donors (Lipinski definition) is 0. The molecule has 0 aromatic heterocycles. The van der Waals surface area contributed by atoms with Crippen molar-refractivity contribution in [2.24, 2.45) is 0 Å². The highest BCUT2D eigenvalue weighted by atomic mass is 79.9. The van der Waals surface area contributed by atoms with Gasteiger partial charge in [-0.15, -0.1) is 0 Å². The molecule has 0 radical (unpaired) electrons. The summed E-state index contributed by atoms with van der Waals surface area (Å²) in [4.78, 5) is 0. The largest absolute Gasteiger partial charge is 0.497 e. The number of methoxy groups -OCH3 is 1. The Morgan fingerprint density at radius 2 is 1.79 bits per heavy atom. The number of aryl methyl sites for hydroxylation is 1. The van der Waals surface area contributed by atoms with Crippen molar-refractivity contribution in [3.63, 3.8) is 0 Å². The van der Waals surface area contributed by atoms with Gasteiger partial charge in [0.25, 0.3) is 0 Å². The Balaban J connectivity index is 2.08. The van der Waals surface area contributed by atoms with Crippen molar-refractivity contribution in [3.8, 4) is 11.5 Å². The van der Waals surface area contributed by atoms with Gasteiger partial charge in [0, 0.05) is 10.9 Å². The number of halogens is 1. The van der Waals surface area contributed by atoms with Crippen molar-refractivity contribution >= 4 is 15.9 Å². The molecule has 0 N–H and O–H groups in total. The normalized spacial score (nSPS) is 10.3. The maximum Gasteiger partial charge on any atom is 0.124 e. The molecule has 0 atom stereocenters. The number of ether oxygens (including phenoxy) is 2. The van der Waals surface area contributed by atoms with Gasteiger partial charge in [0.15, 0.2) is 0 Å². The third kappa shape index (κ3) is 3.74. The van der Waals surface area contributed by atoms with Crippen molar-refractivity contribution in [1.29, 1.82) is 0 Å². The molecule has 2 rings (SSSR count). The maximum absolute atomic E-state index is 5.87. The van der Waals surface area contributed by atoms with Crippen molar-refractivity contribution in [2.75, 3.05) is 7.11 Å². The van der Waals surface area contributed by atoms with Gasteiger partial charge in [-0.2, -0.15) is 0 Å². The molecule has 0 bridgehead atoms. The fourth-order valence-corrected chi connectivity index (χ4v) is 2.21. The Kier molecular flexibility index (Phi) is 4.86. The molecule has 0 aliphatic heterocycles. The lowest BCUT2D eigenvalue weighted by Gasteiger charge is -2.11. The Morgan fingerprint density at radius 3 is 2.42 bits per heavy atom. The third-order valence-electron chi connectivity index (χ3n) is 2.93. The monoisotopic (exact) mass is 320 g/mol. The van der Waals surface area contributed by atoms with Crippen LogP contribution in [0.1, 0.15) is 16.7 Å². The van der Waals surface area contributed by atoms with Gasteiger partial charge in [-0.1, -0.05) is 45.8 Å². The summed E-state index contributed by atoms with van der Waals surface area (Å²) >= 11 is 3.47. The predicted molar refractivity (Wildman–Crippen MR) is 81.1 cm³/mol. The van der Waals surface area contributed by atoms with E-state index in [9.17, 15) is 0 Å². The summed E-state index contributed by atoms with van der Waals surface area (Å²) in [5, 5.41) is 0.743. The Morgan fingerprint density at radius 1 is 1.05 bits per heavy atom. The van der Waals surface area contributed by atoms with Gasteiger partial charge in [-0.05, 0) is 30.7 Å². The first-order valence-corrected chi connectivity index (χ1v) is 7.26. The fourth-order valence-electron chi connectivity index (χ4n) is 1.77. The minimum absolute atomic E-state index is 0.576. The van der Waals surface area contributed by atoms with E-state index in [1.54, 1.807) is 7.11 Å². The number of hydrogen-bond acceptors (Lipinski definition) is 2. The quantitative estimate of drug-likeness (QED) is 0.756. The van der Waals surface area contributed by atoms with Crippen LogP contribution in [0.5, 0.6) is 11.5 Å². The van der Waals surface area contributed by atoms with E-state index < -0.39 is 0 Å². The van der Waals surface area contributed by atoms with Crippen molar-refractivity contribution in [3.05, 3.63) is 59.2 Å². The van der Waals surface area contributed by atoms with Gasteiger partial charge >= 0.3 is 0 Å². The summed E-state index contributed by atoms with van der Waals surface area (Å²) in [7, 11) is 1.67. The first kappa shape index (κ1) is 13.9. The topological polar surface area (TPSA) is 18.5 Å². The number of benzene rings is 2. The molecule has 0 spiro atoms. The van der Waals surface area contributed by atoms with Gasteiger partial charge in [-0.3, -0.25) is 0 Å². The van der Waals surface area contributed by atoms with Crippen LogP contribution in [0.25, 0.3) is 0 Å². The van der Waals surface area contributed by atoms with Gasteiger partial charge in [-0.25, -0.2) is 0 Å². The summed E-state index contributed by atoms with van der Waals surface area (Å²) in [5.74, 6) is 1.73. The van der Waals surface area contributed by atoms with E-state index in [-0.39, 0.29) is 0 Å². The van der Waals surface area contributed by atoms with Gasteiger partial charge < -0.3 is 9.47 Å². The van der Waals surface area contributed by atoms with Crippen LogP contribution in [-0.2, 0) is 11.9 Å². The number of alkyl halides is 1. The summed E-state index contributed by atoms with van der Waals surface area (Å²) in [6.45, 7) is 2.66. The third-order valence-corrected chi connectivity index (χ3v) is 3.53. The van der Waals surface area contributed by atoms with Crippen LogP contribution in [0.3, 0.4) is 0 Å². The fraction of sp³-hybridized carbons (Fsp3) is 0.250. The molecule has 2 nitrogen and oxygen atoms in total. The highest BCUT2D eigenvalue weighted by molar-refractivity contribution is 9.08. The lowest BCUT2D eigenvalue weighted by Crippen LogP contribution is -1.98. The zero-order chi connectivity index (χ0) is 13.7. The average molecular weight is 321 g/mol. The molecule has 0 saturated carbocycles. The van der Waals surface area contributed by atoms with Crippen molar-refractivity contribution in [1.82, 2.24) is 0 Å². The standard InChI is InChI=1S/C16H17BrO2/c1-12-3-5-13(6-4-12)11-19-16-8-7-15(18-2)9-14(16)10-17/h3-9H,10-11H2,1-2H3. The molecular formula is C16H17BrO2. The van der Waals surface area contributed by atoms with Crippen LogP contribution in [0, 0.1) is 6.92 Å². The van der Waals surface area contributed by atoms with Gasteiger partial charge in [0.05, 0.1) is 7.11 Å². The van der Waals surface area contributed by atoms with Crippen LogP contribution in [0.15, 0.2) is 42.5 Å². The molecule has 19 heavy (non-hydrogen) atoms. The molecule has 0 fully saturated rings. The molecule has 2 aromatic carbocycles. The second-order valence-corrected chi connectivity index (χ2v) is 4.94. The van der Waals surface area contributed by atoms with Gasteiger partial charge in [0.2, 0.25) is 0 Å². The molecule has 0 amide bonds. The molecule has 0 heterocycles. The van der Waals surface area contributed by atoms with Gasteiger partial charge in [0.1, 0.15) is 18.1 Å². The van der Waals surface area contributed by atoms with E-state index >= 15 is 0 Å². The molecule has 2 aromatic rings. The molecule has 3 heteroatoms. The Labute approximate surface area is 122 Å². The maximum atomic E-state index is 5.87. The Hall–Kier alpha value is -1.48. The highest BCUT2D eigenvalue weighted by Crippen LogP contribution is 2.26. The number of rotatable bonds is 5. The SMILES string of the molecule is COc1ccc(OCc2ccc(C)cc2)c(CBr)c1. The second-order valence-electron chi connectivity index (χ2n) is 4.38. The van der Waals surface area contributed by atoms with Crippen molar-refractivity contribution in [2.45, 2.75) is 18.9 Å². The minimum atomic E-state index is 0.576. The van der Waals surface area contributed by atoms with Crippen LogP contribution >= 0.6 is 15.9 Å². The average Bonchev–Trinajstić information content (AvgIpc) is 2.46. The van der Waals surface area contributed by atoms with Crippen LogP contribution in [0.4, 0.5) is 0 Å². The van der Waals surface area contributed by atoms with Crippen LogP contribution in [0.2, 0.25) is 0 Å². The van der Waals surface area contributed by atoms with E-state index in [1.165, 1.54) is 11.1 Å². The molecule has 0 saturated heterocycles. The summed E-state index contributed by atoms with van der Waals surface area (Å²) in [6.07, 6.45) is 0. The van der Waals surface area contributed by atoms with Crippen LogP contribution < -0.4 is 9.47 Å².